The standard InChI is InChI=1S/C59H43N/c1-59(2)54-38-43(40-20-6-3-7-21-40)34-36-49(54)50-37-35-44(39-55(50)59)60(56-33-19-18-27-46(56)42-24-10-5-11-25-42)58-53-32-17-14-29-48(53)47-28-13-16-31-52(47)57(58)51-30-15-12-26-45(51)41-22-8-4-9-23-41/h3-39H,1-2H3. The summed E-state index contributed by atoms with van der Waals surface area (Å²) >= 11 is 0. The molecular formula is C59H43N. The molecule has 0 atom stereocenters. The Bertz CT molecular complexity index is 3220. The molecular weight excluding hydrogens is 723 g/mol. The van der Waals surface area contributed by atoms with Crippen molar-refractivity contribution >= 4 is 38.6 Å². The maximum atomic E-state index is 2.57. The highest BCUT2D eigenvalue weighted by atomic mass is 15.1. The highest BCUT2D eigenvalue weighted by molar-refractivity contribution is 6.23. The normalized spacial score (nSPS) is 12.6. The largest absolute Gasteiger partial charge is 0.309 e. The first-order valence-corrected chi connectivity index (χ1v) is 20.9. The summed E-state index contributed by atoms with van der Waals surface area (Å²) in [7, 11) is 0. The van der Waals surface area contributed by atoms with E-state index in [1.165, 1.54) is 88.3 Å². The fourth-order valence-corrected chi connectivity index (χ4v) is 9.79. The highest BCUT2D eigenvalue weighted by Crippen LogP contribution is 2.55. The van der Waals surface area contributed by atoms with Crippen LogP contribution >= 0.6 is 0 Å². The van der Waals surface area contributed by atoms with Crippen LogP contribution in [-0.4, -0.2) is 0 Å². The first-order valence-electron chi connectivity index (χ1n) is 20.9. The maximum absolute atomic E-state index is 2.57. The van der Waals surface area contributed by atoms with Gasteiger partial charge in [-0.2, -0.15) is 0 Å². The molecule has 0 spiro atoms. The van der Waals surface area contributed by atoms with Gasteiger partial charge in [-0.25, -0.2) is 0 Å². The van der Waals surface area contributed by atoms with E-state index in [1.807, 2.05) is 0 Å². The van der Waals surface area contributed by atoms with E-state index < -0.39 is 0 Å². The Morgan fingerprint density at radius 3 is 1.45 bits per heavy atom. The summed E-state index contributed by atoms with van der Waals surface area (Å²) in [6.45, 7) is 4.79. The van der Waals surface area contributed by atoms with Gasteiger partial charge in [0, 0.05) is 27.6 Å². The number of fused-ring (bicyclic) bond motifs is 6. The smallest absolute Gasteiger partial charge is 0.0625 e. The SMILES string of the molecule is CC1(C)c2cc(-c3ccccc3)ccc2-c2ccc(N(c3ccccc3-c3ccccc3)c3c(-c4ccccc4-c4ccccc4)c4ccccc4c4ccccc34)cc21. The van der Waals surface area contributed by atoms with Crippen LogP contribution in [-0.2, 0) is 5.41 Å². The number of para-hydroxylation sites is 1. The minimum absolute atomic E-state index is 0.232. The van der Waals surface area contributed by atoms with E-state index in [2.05, 4.69) is 243 Å². The van der Waals surface area contributed by atoms with E-state index in [1.54, 1.807) is 0 Å². The van der Waals surface area contributed by atoms with Gasteiger partial charge in [-0.15, -0.1) is 0 Å². The maximum Gasteiger partial charge on any atom is 0.0625 e. The molecule has 0 radical (unpaired) electrons. The minimum Gasteiger partial charge on any atom is -0.309 e. The molecule has 11 rings (SSSR count). The van der Waals surface area contributed by atoms with Gasteiger partial charge in [-0.3, -0.25) is 0 Å². The van der Waals surface area contributed by atoms with Crippen LogP contribution in [0.1, 0.15) is 25.0 Å². The van der Waals surface area contributed by atoms with Gasteiger partial charge in [0.05, 0.1) is 11.4 Å². The zero-order valence-corrected chi connectivity index (χ0v) is 33.8. The Labute approximate surface area is 352 Å². The molecule has 0 unspecified atom stereocenters. The molecule has 10 aromatic carbocycles. The van der Waals surface area contributed by atoms with Crippen molar-refractivity contribution in [3.8, 4) is 55.6 Å². The Morgan fingerprint density at radius 1 is 0.317 bits per heavy atom. The van der Waals surface area contributed by atoms with E-state index in [0.717, 1.165) is 17.1 Å². The lowest BCUT2D eigenvalue weighted by atomic mass is 9.81. The van der Waals surface area contributed by atoms with E-state index in [-0.39, 0.29) is 5.41 Å². The van der Waals surface area contributed by atoms with Crippen molar-refractivity contribution in [3.63, 3.8) is 0 Å². The Hall–Kier alpha value is -7.48. The molecule has 0 bridgehead atoms. The molecule has 1 aliphatic rings. The van der Waals surface area contributed by atoms with E-state index in [9.17, 15) is 0 Å². The van der Waals surface area contributed by atoms with Crippen molar-refractivity contribution in [2.24, 2.45) is 0 Å². The van der Waals surface area contributed by atoms with Gasteiger partial charge in [0.1, 0.15) is 0 Å². The molecule has 1 heteroatoms. The topological polar surface area (TPSA) is 3.24 Å². The summed E-state index contributed by atoms with van der Waals surface area (Å²) < 4.78 is 0. The van der Waals surface area contributed by atoms with Crippen molar-refractivity contribution in [1.29, 1.82) is 0 Å². The molecule has 10 aromatic rings. The quantitative estimate of drug-likeness (QED) is 0.146. The molecule has 0 aromatic heterocycles. The van der Waals surface area contributed by atoms with Gasteiger partial charge in [0.2, 0.25) is 0 Å². The monoisotopic (exact) mass is 765 g/mol. The number of nitrogens with zero attached hydrogens (tertiary/aromatic N) is 1. The van der Waals surface area contributed by atoms with Crippen molar-refractivity contribution in [3.05, 3.63) is 236 Å². The molecule has 0 heterocycles. The average molecular weight is 766 g/mol. The number of anilines is 3. The molecule has 0 saturated carbocycles. The number of benzene rings is 10. The summed E-state index contributed by atoms with van der Waals surface area (Å²) in [5.74, 6) is 0. The summed E-state index contributed by atoms with van der Waals surface area (Å²) in [4.78, 5) is 2.57. The third-order valence-corrected chi connectivity index (χ3v) is 12.7. The van der Waals surface area contributed by atoms with Crippen molar-refractivity contribution in [2.45, 2.75) is 19.3 Å². The van der Waals surface area contributed by atoms with Gasteiger partial charge in [-0.1, -0.05) is 214 Å². The van der Waals surface area contributed by atoms with Crippen LogP contribution in [0, 0.1) is 0 Å². The zero-order valence-electron chi connectivity index (χ0n) is 33.8. The summed E-state index contributed by atoms with van der Waals surface area (Å²) in [5, 5.41) is 4.89. The predicted molar refractivity (Wildman–Crippen MR) is 255 cm³/mol. The predicted octanol–water partition coefficient (Wildman–Crippen LogP) is 16.4. The van der Waals surface area contributed by atoms with Gasteiger partial charge < -0.3 is 4.90 Å². The average Bonchev–Trinajstić information content (AvgIpc) is 3.54. The Kier molecular flexibility index (Phi) is 8.57. The fraction of sp³-hybridized carbons (Fsp3) is 0.0508. The summed E-state index contributed by atoms with van der Waals surface area (Å²) in [5.41, 5.74) is 18.1. The third kappa shape index (κ3) is 5.77. The zero-order chi connectivity index (χ0) is 40.2. The van der Waals surface area contributed by atoms with Gasteiger partial charge in [0.15, 0.2) is 0 Å². The Morgan fingerprint density at radius 2 is 0.783 bits per heavy atom. The second kappa shape index (κ2) is 14.4. The van der Waals surface area contributed by atoms with E-state index in [4.69, 9.17) is 0 Å². The lowest BCUT2D eigenvalue weighted by Gasteiger charge is -2.33. The van der Waals surface area contributed by atoms with Crippen LogP contribution in [0.2, 0.25) is 0 Å². The molecule has 1 aliphatic carbocycles. The fourth-order valence-electron chi connectivity index (χ4n) is 9.79. The Balaban J connectivity index is 1.24. The molecule has 1 nitrogen and oxygen atoms in total. The third-order valence-electron chi connectivity index (χ3n) is 12.7. The van der Waals surface area contributed by atoms with Crippen molar-refractivity contribution in [2.75, 3.05) is 4.90 Å². The molecule has 0 amide bonds. The lowest BCUT2D eigenvalue weighted by Crippen LogP contribution is -2.17. The van der Waals surface area contributed by atoms with Gasteiger partial charge >= 0.3 is 0 Å². The van der Waals surface area contributed by atoms with Crippen molar-refractivity contribution in [1.82, 2.24) is 0 Å². The van der Waals surface area contributed by atoms with Crippen LogP contribution in [0.5, 0.6) is 0 Å². The van der Waals surface area contributed by atoms with Gasteiger partial charge in [0.25, 0.3) is 0 Å². The van der Waals surface area contributed by atoms with Crippen molar-refractivity contribution < 1.29 is 0 Å². The summed E-state index contributed by atoms with van der Waals surface area (Å²) in [6.07, 6.45) is 0. The number of hydrogen-bond donors (Lipinski definition) is 0. The molecule has 60 heavy (non-hydrogen) atoms. The number of hydrogen-bond acceptors (Lipinski definition) is 1. The van der Waals surface area contributed by atoms with Crippen LogP contribution in [0.3, 0.4) is 0 Å². The van der Waals surface area contributed by atoms with E-state index >= 15 is 0 Å². The number of rotatable bonds is 7. The van der Waals surface area contributed by atoms with Crippen LogP contribution in [0.15, 0.2) is 224 Å². The second-order valence-electron chi connectivity index (χ2n) is 16.4. The second-order valence-corrected chi connectivity index (χ2v) is 16.4. The van der Waals surface area contributed by atoms with E-state index in [0.29, 0.717) is 0 Å². The molecule has 0 aliphatic heterocycles. The first kappa shape index (κ1) is 35.7. The van der Waals surface area contributed by atoms with Crippen LogP contribution in [0.4, 0.5) is 17.1 Å². The molecule has 284 valence electrons. The first-order chi connectivity index (χ1) is 29.6. The molecule has 0 saturated heterocycles. The highest BCUT2D eigenvalue weighted by Gasteiger charge is 2.37. The van der Waals surface area contributed by atoms with Crippen LogP contribution < -0.4 is 4.90 Å². The summed E-state index contributed by atoms with van der Waals surface area (Å²) in [6, 6.07) is 82.5. The molecule has 0 fully saturated rings. The van der Waals surface area contributed by atoms with Crippen LogP contribution in [0.25, 0.3) is 77.2 Å². The molecule has 0 N–H and O–H groups in total. The van der Waals surface area contributed by atoms with Gasteiger partial charge in [-0.05, 0) is 96.1 Å². The lowest BCUT2D eigenvalue weighted by molar-refractivity contribution is 0.660. The minimum atomic E-state index is -0.232.